The lowest BCUT2D eigenvalue weighted by Gasteiger charge is -2.12. The van der Waals surface area contributed by atoms with Crippen molar-refractivity contribution < 1.29 is 4.74 Å². The molecule has 0 saturated heterocycles. The molecule has 0 fully saturated rings. The summed E-state index contributed by atoms with van der Waals surface area (Å²) in [5.41, 5.74) is 7.43. The summed E-state index contributed by atoms with van der Waals surface area (Å²) < 4.78 is 5.11. The van der Waals surface area contributed by atoms with Crippen molar-refractivity contribution in [3.05, 3.63) is 34.6 Å². The molecule has 2 rings (SSSR count). The number of nitrogens with one attached hydrogen (secondary N) is 1. The van der Waals surface area contributed by atoms with Gasteiger partial charge in [0.25, 0.3) is 0 Å². The number of hydrogen-bond acceptors (Lipinski definition) is 5. The van der Waals surface area contributed by atoms with E-state index in [4.69, 9.17) is 22.1 Å². The van der Waals surface area contributed by atoms with Crippen molar-refractivity contribution in [2.75, 3.05) is 18.2 Å². The molecular weight excluding hydrogens is 264 g/mol. The standard InChI is InChI=1S/C13H15ClN4O/c1-7-12(15)16-8(2)17-13(7)18-9-4-5-11(19-3)10(14)6-9/h4-6H,1-3H3,(H3,15,16,17,18). The number of nitrogen functional groups attached to an aromatic ring is 1. The van der Waals surface area contributed by atoms with Gasteiger partial charge in [-0.1, -0.05) is 11.6 Å². The van der Waals surface area contributed by atoms with E-state index in [1.54, 1.807) is 26.2 Å². The van der Waals surface area contributed by atoms with E-state index in [9.17, 15) is 0 Å². The Balaban J connectivity index is 2.33. The molecule has 1 aromatic heterocycles. The van der Waals surface area contributed by atoms with Gasteiger partial charge < -0.3 is 15.8 Å². The average molecular weight is 279 g/mol. The molecule has 100 valence electrons. The number of aromatic nitrogens is 2. The van der Waals surface area contributed by atoms with Crippen LogP contribution >= 0.6 is 11.6 Å². The first-order valence-corrected chi connectivity index (χ1v) is 6.10. The van der Waals surface area contributed by atoms with Crippen molar-refractivity contribution in [1.82, 2.24) is 9.97 Å². The maximum absolute atomic E-state index is 6.08. The minimum atomic E-state index is 0.467. The third kappa shape index (κ3) is 2.88. The highest BCUT2D eigenvalue weighted by molar-refractivity contribution is 6.32. The zero-order valence-corrected chi connectivity index (χ0v) is 11.7. The third-order valence-corrected chi connectivity index (χ3v) is 3.01. The zero-order valence-electron chi connectivity index (χ0n) is 11.0. The number of hydrogen-bond donors (Lipinski definition) is 2. The van der Waals surface area contributed by atoms with Crippen molar-refractivity contribution in [2.24, 2.45) is 0 Å². The van der Waals surface area contributed by atoms with Gasteiger partial charge in [0.05, 0.1) is 12.1 Å². The topological polar surface area (TPSA) is 73.1 Å². The Morgan fingerprint density at radius 1 is 1.26 bits per heavy atom. The van der Waals surface area contributed by atoms with E-state index in [-0.39, 0.29) is 0 Å². The van der Waals surface area contributed by atoms with Crippen LogP contribution in [-0.2, 0) is 0 Å². The molecule has 0 radical (unpaired) electrons. The minimum Gasteiger partial charge on any atom is -0.495 e. The van der Waals surface area contributed by atoms with E-state index in [1.165, 1.54) is 0 Å². The summed E-state index contributed by atoms with van der Waals surface area (Å²) in [5.74, 6) is 2.38. The van der Waals surface area contributed by atoms with E-state index < -0.39 is 0 Å². The highest BCUT2D eigenvalue weighted by Gasteiger charge is 2.08. The number of anilines is 3. The zero-order chi connectivity index (χ0) is 14.0. The average Bonchev–Trinajstić information content (AvgIpc) is 2.35. The van der Waals surface area contributed by atoms with E-state index >= 15 is 0 Å². The van der Waals surface area contributed by atoms with E-state index in [1.807, 2.05) is 13.0 Å². The summed E-state index contributed by atoms with van der Waals surface area (Å²) in [5, 5.41) is 3.71. The first kappa shape index (κ1) is 13.4. The van der Waals surface area contributed by atoms with E-state index in [2.05, 4.69) is 15.3 Å². The molecule has 0 saturated carbocycles. The molecule has 0 aliphatic rings. The van der Waals surface area contributed by atoms with Crippen LogP contribution in [0.15, 0.2) is 18.2 Å². The van der Waals surface area contributed by atoms with Crippen LogP contribution in [0.3, 0.4) is 0 Å². The lowest BCUT2D eigenvalue weighted by atomic mass is 10.2. The van der Waals surface area contributed by atoms with Gasteiger partial charge in [-0.15, -0.1) is 0 Å². The highest BCUT2D eigenvalue weighted by atomic mass is 35.5. The van der Waals surface area contributed by atoms with Crippen LogP contribution in [0.1, 0.15) is 11.4 Å². The highest BCUT2D eigenvalue weighted by Crippen LogP contribution is 2.29. The summed E-state index contributed by atoms with van der Waals surface area (Å²) in [6, 6.07) is 5.42. The molecule has 3 N–H and O–H groups in total. The van der Waals surface area contributed by atoms with E-state index in [0.717, 1.165) is 11.3 Å². The molecule has 0 atom stereocenters. The maximum atomic E-state index is 6.08. The number of aryl methyl sites for hydroxylation is 1. The van der Waals surface area contributed by atoms with Gasteiger partial charge in [0.1, 0.15) is 23.2 Å². The lowest BCUT2D eigenvalue weighted by molar-refractivity contribution is 0.415. The van der Waals surface area contributed by atoms with Gasteiger partial charge in [-0.05, 0) is 32.0 Å². The normalized spacial score (nSPS) is 10.3. The van der Waals surface area contributed by atoms with Crippen LogP contribution in [0, 0.1) is 13.8 Å². The molecule has 1 heterocycles. The monoisotopic (exact) mass is 278 g/mol. The van der Waals surface area contributed by atoms with Gasteiger partial charge in [-0.3, -0.25) is 0 Å². The molecule has 0 aliphatic carbocycles. The molecule has 0 aliphatic heterocycles. The van der Waals surface area contributed by atoms with Crippen LogP contribution in [0.4, 0.5) is 17.3 Å². The summed E-state index contributed by atoms with van der Waals surface area (Å²) >= 11 is 6.08. The van der Waals surface area contributed by atoms with E-state index in [0.29, 0.717) is 28.2 Å². The Morgan fingerprint density at radius 3 is 2.63 bits per heavy atom. The largest absolute Gasteiger partial charge is 0.495 e. The van der Waals surface area contributed by atoms with Gasteiger partial charge >= 0.3 is 0 Å². The fraction of sp³-hybridized carbons (Fsp3) is 0.231. The summed E-state index contributed by atoms with van der Waals surface area (Å²) in [7, 11) is 1.58. The first-order valence-electron chi connectivity index (χ1n) is 5.72. The Hall–Kier alpha value is -2.01. The quantitative estimate of drug-likeness (QED) is 0.903. The van der Waals surface area contributed by atoms with Gasteiger partial charge in [-0.25, -0.2) is 9.97 Å². The fourth-order valence-electron chi connectivity index (χ4n) is 1.65. The smallest absolute Gasteiger partial charge is 0.139 e. The van der Waals surface area contributed by atoms with Gasteiger partial charge in [0, 0.05) is 11.3 Å². The summed E-state index contributed by atoms with van der Waals surface area (Å²) in [4.78, 5) is 8.43. The Kier molecular flexibility index (Phi) is 3.76. The molecule has 0 amide bonds. The van der Waals surface area contributed by atoms with Gasteiger partial charge in [0.15, 0.2) is 0 Å². The van der Waals surface area contributed by atoms with Crippen molar-refractivity contribution >= 4 is 28.9 Å². The Bertz CT molecular complexity index is 616. The molecule has 2 aromatic rings. The van der Waals surface area contributed by atoms with Gasteiger partial charge in [-0.2, -0.15) is 0 Å². The van der Waals surface area contributed by atoms with Crippen molar-refractivity contribution in [3.8, 4) is 5.75 Å². The second-order valence-electron chi connectivity index (χ2n) is 4.10. The number of ether oxygens (including phenoxy) is 1. The predicted octanol–water partition coefficient (Wildman–Crippen LogP) is 3.08. The molecule has 1 aromatic carbocycles. The third-order valence-electron chi connectivity index (χ3n) is 2.71. The fourth-order valence-corrected chi connectivity index (χ4v) is 1.91. The summed E-state index contributed by atoms with van der Waals surface area (Å²) in [6.45, 7) is 3.66. The van der Waals surface area contributed by atoms with Crippen molar-refractivity contribution in [2.45, 2.75) is 13.8 Å². The molecule has 19 heavy (non-hydrogen) atoms. The van der Waals surface area contributed by atoms with Crippen molar-refractivity contribution in [3.63, 3.8) is 0 Å². The SMILES string of the molecule is COc1ccc(Nc2nc(C)nc(N)c2C)cc1Cl. The molecule has 5 nitrogen and oxygen atoms in total. The maximum Gasteiger partial charge on any atom is 0.139 e. The molecule has 0 spiro atoms. The number of nitrogens with zero attached hydrogens (tertiary/aromatic N) is 2. The number of nitrogens with two attached hydrogens (primary N) is 1. The molecule has 0 unspecified atom stereocenters. The second-order valence-corrected chi connectivity index (χ2v) is 4.51. The van der Waals surface area contributed by atoms with Gasteiger partial charge in [0.2, 0.25) is 0 Å². The Labute approximate surface area is 116 Å². The molecule has 0 bridgehead atoms. The number of rotatable bonds is 3. The van der Waals surface area contributed by atoms with Crippen LogP contribution < -0.4 is 15.8 Å². The first-order chi connectivity index (χ1) is 9.01. The minimum absolute atomic E-state index is 0.467. The molecular formula is C13H15ClN4O. The van der Waals surface area contributed by atoms with Crippen LogP contribution in [0.25, 0.3) is 0 Å². The Morgan fingerprint density at radius 2 is 2.00 bits per heavy atom. The second kappa shape index (κ2) is 5.32. The number of halogens is 1. The van der Waals surface area contributed by atoms with Crippen LogP contribution in [-0.4, -0.2) is 17.1 Å². The molecule has 6 heteroatoms. The summed E-state index contributed by atoms with van der Waals surface area (Å²) in [6.07, 6.45) is 0. The van der Waals surface area contributed by atoms with Crippen molar-refractivity contribution in [1.29, 1.82) is 0 Å². The van der Waals surface area contributed by atoms with Crippen LogP contribution in [0.2, 0.25) is 5.02 Å². The van der Waals surface area contributed by atoms with Crippen LogP contribution in [0.5, 0.6) is 5.75 Å². The predicted molar refractivity (Wildman–Crippen MR) is 77.2 cm³/mol. The lowest BCUT2D eigenvalue weighted by Crippen LogP contribution is -2.04. The number of benzene rings is 1. The number of methoxy groups -OCH3 is 1.